The van der Waals surface area contributed by atoms with E-state index in [1.165, 1.54) is 35.1 Å². The third-order valence-corrected chi connectivity index (χ3v) is 11.8. The van der Waals surface area contributed by atoms with Crippen molar-refractivity contribution in [3.8, 4) is 5.75 Å². The van der Waals surface area contributed by atoms with E-state index in [-0.39, 0.29) is 23.3 Å². The molecule has 0 unspecified atom stereocenters. The van der Waals surface area contributed by atoms with Crippen molar-refractivity contribution in [3.63, 3.8) is 0 Å². The molecule has 0 saturated heterocycles. The Morgan fingerprint density at radius 1 is 1.17 bits per heavy atom. The molecule has 12 nitrogen and oxygen atoms in total. The molecule has 0 radical (unpaired) electrons. The largest absolute Gasteiger partial charge is 0.490 e. The summed E-state index contributed by atoms with van der Waals surface area (Å²) in [4.78, 5) is 42.3. The van der Waals surface area contributed by atoms with Crippen LogP contribution in [0.2, 0.25) is 5.02 Å². The Balaban J connectivity index is 1.45. The first-order valence-electron chi connectivity index (χ1n) is 16.2. The normalized spacial score (nSPS) is 28.8. The molecule has 2 aliphatic heterocycles. The van der Waals surface area contributed by atoms with E-state index >= 15 is 0 Å². The van der Waals surface area contributed by atoms with Crippen molar-refractivity contribution in [3.05, 3.63) is 64.7 Å². The summed E-state index contributed by atoms with van der Waals surface area (Å²) in [6, 6.07) is 9.19. The van der Waals surface area contributed by atoms with Gasteiger partial charge in [-0.05, 0) is 92.5 Å². The number of anilines is 1. The number of hydrogen-bond donors (Lipinski definition) is 2. The minimum Gasteiger partial charge on any atom is -0.490 e. The van der Waals surface area contributed by atoms with Crippen molar-refractivity contribution < 1.29 is 37.4 Å². The summed E-state index contributed by atoms with van der Waals surface area (Å²) in [7, 11) is -1.18. The number of hydrogen-bond acceptors (Lipinski definition) is 8. The average molecular weight is 701 g/mol. The quantitative estimate of drug-likeness (QED) is 0.406. The number of ether oxygens (including phenoxy) is 2. The second-order valence-corrected chi connectivity index (χ2v) is 15.6. The van der Waals surface area contributed by atoms with Gasteiger partial charge in [-0.2, -0.15) is 0 Å². The van der Waals surface area contributed by atoms with Crippen LogP contribution in [-0.2, 0) is 31.4 Å². The summed E-state index contributed by atoms with van der Waals surface area (Å²) in [5.41, 5.74) is 2.53. The molecule has 2 N–H and O–H groups in total. The number of carboxylic acid groups (broad SMARTS) is 1. The third kappa shape index (κ3) is 6.54. The first-order chi connectivity index (χ1) is 22.8. The van der Waals surface area contributed by atoms with E-state index in [4.69, 9.17) is 21.1 Å². The Hall–Kier alpha value is -3.97. The van der Waals surface area contributed by atoms with Crippen LogP contribution >= 0.6 is 11.6 Å². The number of nitrogens with one attached hydrogen (secondary N) is 1. The highest BCUT2D eigenvalue weighted by Gasteiger charge is 2.45. The van der Waals surface area contributed by atoms with Gasteiger partial charge in [-0.3, -0.25) is 9.69 Å². The monoisotopic (exact) mass is 700 g/mol. The molecule has 48 heavy (non-hydrogen) atoms. The number of sulfonamides is 1. The maximum absolute atomic E-state index is 13.6. The molecule has 14 heteroatoms. The van der Waals surface area contributed by atoms with Gasteiger partial charge in [0, 0.05) is 50.1 Å². The molecular weight excluding hydrogens is 660 g/mol. The van der Waals surface area contributed by atoms with Crippen molar-refractivity contribution >= 4 is 45.4 Å². The van der Waals surface area contributed by atoms with Crippen molar-refractivity contribution in [1.29, 1.82) is 0 Å². The van der Waals surface area contributed by atoms with Gasteiger partial charge in [0.1, 0.15) is 17.9 Å². The molecule has 2 bridgehead atoms. The number of amides is 3. The van der Waals surface area contributed by atoms with Crippen LogP contribution in [0.1, 0.15) is 43.7 Å². The van der Waals surface area contributed by atoms with Crippen LogP contribution < -0.4 is 14.4 Å². The lowest BCUT2D eigenvalue weighted by molar-refractivity contribution is -0.123. The SMILES string of the molecule is C[C@@H]1C(=O)NS(=O)(=O)c2ccc3c(c2)N(C[C@@H]2CC[C@H]2[C@@H](OC(=O)N(C)C)/C=C/CN1C(=O)O)C[C@@]1(CCCc2cc(Cl)ccc21)CO3. The molecule has 3 amide bonds. The summed E-state index contributed by atoms with van der Waals surface area (Å²) in [5, 5.41) is 10.6. The van der Waals surface area contributed by atoms with Crippen molar-refractivity contribution in [2.24, 2.45) is 11.8 Å². The summed E-state index contributed by atoms with van der Waals surface area (Å²) >= 11 is 6.40. The van der Waals surface area contributed by atoms with Gasteiger partial charge in [-0.15, -0.1) is 0 Å². The van der Waals surface area contributed by atoms with Crippen LogP contribution in [0.3, 0.4) is 0 Å². The van der Waals surface area contributed by atoms with Crippen molar-refractivity contribution in [2.75, 3.05) is 45.2 Å². The molecule has 1 spiro atoms. The minimum atomic E-state index is -4.38. The van der Waals surface area contributed by atoms with Crippen molar-refractivity contribution in [1.82, 2.24) is 14.5 Å². The number of aryl methyl sites for hydroxylation is 1. The Morgan fingerprint density at radius 2 is 1.96 bits per heavy atom. The number of carbonyl (C=O) groups excluding carboxylic acids is 2. The van der Waals surface area contributed by atoms with Crippen LogP contribution in [-0.4, -0.2) is 93.9 Å². The lowest BCUT2D eigenvalue weighted by Gasteiger charge is -2.46. The van der Waals surface area contributed by atoms with Gasteiger partial charge in [0.25, 0.3) is 15.9 Å². The highest BCUT2D eigenvalue weighted by molar-refractivity contribution is 7.90. The number of nitrogens with zero attached hydrogens (tertiary/aromatic N) is 3. The van der Waals surface area contributed by atoms with E-state index in [0.717, 1.165) is 37.0 Å². The van der Waals surface area contributed by atoms with Crippen LogP contribution in [0.25, 0.3) is 0 Å². The zero-order chi connectivity index (χ0) is 34.4. The molecule has 2 aromatic carbocycles. The fraction of sp³-hybridized carbons (Fsp3) is 0.500. The summed E-state index contributed by atoms with van der Waals surface area (Å²) in [6.45, 7) is 2.57. The molecule has 2 aromatic rings. The van der Waals surface area contributed by atoms with Gasteiger partial charge in [0.05, 0.1) is 17.2 Å². The molecule has 1 saturated carbocycles. The molecule has 258 valence electrons. The molecule has 6 rings (SSSR count). The zero-order valence-electron chi connectivity index (χ0n) is 27.2. The van der Waals surface area contributed by atoms with E-state index in [9.17, 15) is 27.9 Å². The second kappa shape index (κ2) is 13.1. The lowest BCUT2D eigenvalue weighted by atomic mass is 9.68. The standard InChI is InChI=1S/C34H41ClN4O8S/c1-21-31(40)36-48(44,45)25-10-13-30-28(17-25)38(19-34(20-46-30)14-4-6-22-16-24(35)9-12-27(22)34)18-23-8-11-26(23)29(47-33(43)37(2)3)7-5-15-39(21)32(41)42/h5,7,9-10,12-13,16-17,21,23,26,29H,4,6,8,11,14-15,18-20H2,1-3H3,(H,36,40)(H,41,42)/b7-5+/t21-,23+,26-,29+,34+/m1/s1. The van der Waals surface area contributed by atoms with Gasteiger partial charge >= 0.3 is 12.2 Å². The Bertz CT molecular complexity index is 1750. The maximum Gasteiger partial charge on any atom is 0.409 e. The average Bonchev–Trinajstić information content (AvgIpc) is 3.16. The molecule has 4 aliphatic rings. The van der Waals surface area contributed by atoms with Gasteiger partial charge in [0.15, 0.2) is 0 Å². The Morgan fingerprint density at radius 3 is 2.67 bits per heavy atom. The fourth-order valence-corrected chi connectivity index (χ4v) is 8.68. The molecule has 2 heterocycles. The number of rotatable bonds is 1. The topological polar surface area (TPSA) is 146 Å². The zero-order valence-corrected chi connectivity index (χ0v) is 28.8. The first-order valence-corrected chi connectivity index (χ1v) is 18.1. The molecule has 2 aliphatic carbocycles. The Kier molecular flexibility index (Phi) is 9.29. The van der Waals surface area contributed by atoms with Crippen LogP contribution in [0.4, 0.5) is 15.3 Å². The number of carbonyl (C=O) groups is 3. The first kappa shape index (κ1) is 33.9. The minimum absolute atomic E-state index is 0.0632. The third-order valence-electron chi connectivity index (χ3n) is 10.2. The Labute approximate surface area is 285 Å². The molecular formula is C34H41ClN4O8S. The lowest BCUT2D eigenvalue weighted by Crippen LogP contribution is -2.50. The molecule has 0 aromatic heterocycles. The summed E-state index contributed by atoms with van der Waals surface area (Å²) in [6.07, 6.45) is 5.01. The summed E-state index contributed by atoms with van der Waals surface area (Å²) in [5.74, 6) is -0.485. The van der Waals surface area contributed by atoms with Crippen molar-refractivity contribution in [2.45, 2.75) is 61.5 Å². The maximum atomic E-state index is 13.6. The smallest absolute Gasteiger partial charge is 0.409 e. The van der Waals surface area contributed by atoms with Crippen LogP contribution in [0.15, 0.2) is 53.4 Å². The van der Waals surface area contributed by atoms with Gasteiger partial charge in [-0.1, -0.05) is 23.7 Å². The van der Waals surface area contributed by atoms with E-state index < -0.39 is 45.7 Å². The molecule has 5 atom stereocenters. The number of fused-ring (bicyclic) bond motifs is 4. The highest BCUT2D eigenvalue weighted by Crippen LogP contribution is 2.47. The second-order valence-electron chi connectivity index (χ2n) is 13.5. The van der Waals surface area contributed by atoms with E-state index in [1.54, 1.807) is 32.3 Å². The van der Waals surface area contributed by atoms with E-state index in [2.05, 4.69) is 15.7 Å². The number of halogens is 1. The van der Waals surface area contributed by atoms with Gasteiger partial charge < -0.3 is 24.4 Å². The van der Waals surface area contributed by atoms with Gasteiger partial charge in [0.2, 0.25) is 0 Å². The fourth-order valence-electron chi connectivity index (χ4n) is 7.42. The van der Waals surface area contributed by atoms with Crippen LogP contribution in [0, 0.1) is 11.8 Å². The predicted molar refractivity (Wildman–Crippen MR) is 179 cm³/mol. The summed E-state index contributed by atoms with van der Waals surface area (Å²) < 4.78 is 41.7. The number of benzene rings is 2. The highest BCUT2D eigenvalue weighted by atomic mass is 35.5. The molecule has 1 fully saturated rings. The van der Waals surface area contributed by atoms with E-state index in [1.807, 2.05) is 12.1 Å². The van der Waals surface area contributed by atoms with Crippen LogP contribution in [0.5, 0.6) is 5.75 Å². The predicted octanol–water partition coefficient (Wildman–Crippen LogP) is 4.65. The van der Waals surface area contributed by atoms with Gasteiger partial charge in [-0.25, -0.2) is 22.7 Å². The van der Waals surface area contributed by atoms with E-state index in [0.29, 0.717) is 36.2 Å².